The zero-order valence-corrected chi connectivity index (χ0v) is 21.9. The van der Waals surface area contributed by atoms with Crippen molar-refractivity contribution in [2.24, 2.45) is 39.2 Å². The van der Waals surface area contributed by atoms with Crippen LogP contribution in [0.1, 0.15) is 112 Å². The van der Waals surface area contributed by atoms with E-state index in [4.69, 9.17) is 10.8 Å². The minimum Gasteiger partial charge on any atom is -0.481 e. The molecule has 0 aromatic carbocycles. The summed E-state index contributed by atoms with van der Waals surface area (Å²) in [6.07, 6.45) is 9.72. The maximum atomic E-state index is 11.3. The molecule has 2 saturated carbocycles. The quantitative estimate of drug-likeness (QED) is 0.525. The smallest absolute Gasteiger partial charge is 0.303 e. The second-order valence-corrected chi connectivity index (χ2v) is 13.4. The van der Waals surface area contributed by atoms with E-state index >= 15 is 0 Å². The molecule has 4 N–H and O–H groups in total. The molecule has 0 aromatic heterocycles. The fraction of sp³-hybridized carbons (Fsp3) is 0.889. The van der Waals surface area contributed by atoms with Crippen LogP contribution >= 0.6 is 0 Å². The largest absolute Gasteiger partial charge is 0.481 e. The highest BCUT2D eigenvalue weighted by Crippen LogP contribution is 2.49. The highest BCUT2D eigenvalue weighted by molar-refractivity contribution is 5.79. The lowest BCUT2D eigenvalue weighted by molar-refractivity contribution is -0.141. The van der Waals surface area contributed by atoms with Gasteiger partial charge in [0.1, 0.15) is 0 Å². The Morgan fingerprint density at radius 2 is 1.36 bits per heavy atom. The van der Waals surface area contributed by atoms with Gasteiger partial charge in [0.05, 0.1) is 6.42 Å². The van der Waals surface area contributed by atoms with E-state index in [0.29, 0.717) is 16.7 Å². The number of carboxylic acids is 1. The van der Waals surface area contributed by atoms with Crippen molar-refractivity contribution >= 4 is 17.8 Å². The Bertz CT molecular complexity index is 683. The van der Waals surface area contributed by atoms with Gasteiger partial charge in [-0.15, -0.1) is 0 Å². The van der Waals surface area contributed by atoms with Crippen molar-refractivity contribution in [3.63, 3.8) is 0 Å². The third-order valence-electron chi connectivity index (χ3n) is 8.81. The Morgan fingerprint density at radius 1 is 0.909 bits per heavy atom. The number of aliphatic carboxylic acids is 1. The number of carboxylic acid groups (broad SMARTS) is 1. The first kappa shape index (κ1) is 27.7. The monoisotopic (exact) mass is 464 g/mol. The normalized spacial score (nSPS) is 32.6. The molecule has 0 atom stereocenters. The van der Waals surface area contributed by atoms with Gasteiger partial charge in [0.2, 0.25) is 11.8 Å². The zero-order chi connectivity index (χ0) is 25.1. The fourth-order valence-electron chi connectivity index (χ4n) is 6.40. The van der Waals surface area contributed by atoms with Gasteiger partial charge in [-0.25, -0.2) is 0 Å². The minimum absolute atomic E-state index is 0.0623. The second-order valence-electron chi connectivity index (χ2n) is 13.4. The van der Waals surface area contributed by atoms with Crippen molar-refractivity contribution in [2.45, 2.75) is 112 Å². The molecule has 6 nitrogen and oxygen atoms in total. The molecule has 1 saturated heterocycles. The number of carbonyl (C=O) groups excluding carboxylic acids is 2. The zero-order valence-electron chi connectivity index (χ0n) is 21.9. The number of amides is 2. The van der Waals surface area contributed by atoms with Crippen LogP contribution in [0.25, 0.3) is 0 Å². The van der Waals surface area contributed by atoms with E-state index in [1.807, 2.05) is 0 Å². The Balaban J connectivity index is 0.000000237. The molecule has 33 heavy (non-hydrogen) atoms. The number of carbonyl (C=O) groups is 3. The highest BCUT2D eigenvalue weighted by Gasteiger charge is 2.43. The third kappa shape index (κ3) is 7.99. The molecular formula is C27H48N2O4. The Hall–Kier alpha value is -1.59. The van der Waals surface area contributed by atoms with Crippen LogP contribution < -0.4 is 11.1 Å². The Labute approximate surface area is 200 Å². The first-order chi connectivity index (χ1) is 15.1. The molecule has 2 aliphatic carbocycles. The average Bonchev–Trinajstić information content (AvgIpc) is 3.00. The van der Waals surface area contributed by atoms with E-state index in [2.05, 4.69) is 46.9 Å². The van der Waals surface area contributed by atoms with E-state index in [1.165, 1.54) is 25.7 Å². The topological polar surface area (TPSA) is 109 Å². The molecule has 0 radical (unpaired) electrons. The van der Waals surface area contributed by atoms with Gasteiger partial charge in [-0.05, 0) is 84.9 Å². The standard InChI is InChI=1S/C14H25NO3.C13H23NO/c1-13(2,3)10-4-6-14(7-5-10,8-11(15)16)9-12(17)18;1-12(2,3)10-4-6-13(7-5-10)8-11(15)14-9-13/h10H,4-9H2,1-3H3,(H2,15,16)(H,17,18);10H,4-9H2,1-3H3,(H,14,15). The van der Waals surface area contributed by atoms with Gasteiger partial charge >= 0.3 is 5.97 Å². The van der Waals surface area contributed by atoms with E-state index < -0.39 is 11.4 Å². The summed E-state index contributed by atoms with van der Waals surface area (Å²) in [4.78, 5) is 33.4. The molecule has 1 aliphatic heterocycles. The van der Waals surface area contributed by atoms with Crippen LogP contribution in [0.3, 0.4) is 0 Å². The van der Waals surface area contributed by atoms with Gasteiger partial charge in [0.15, 0.2) is 0 Å². The van der Waals surface area contributed by atoms with Crippen molar-refractivity contribution in [1.29, 1.82) is 0 Å². The summed E-state index contributed by atoms with van der Waals surface area (Å²) in [5.74, 6) is 0.506. The maximum Gasteiger partial charge on any atom is 0.303 e. The minimum atomic E-state index is -0.828. The summed E-state index contributed by atoms with van der Waals surface area (Å²) in [5.41, 5.74) is 5.90. The van der Waals surface area contributed by atoms with Gasteiger partial charge in [0.25, 0.3) is 0 Å². The van der Waals surface area contributed by atoms with Crippen LogP contribution in [-0.4, -0.2) is 29.4 Å². The van der Waals surface area contributed by atoms with Gasteiger partial charge in [-0.3, -0.25) is 14.4 Å². The summed E-state index contributed by atoms with van der Waals surface area (Å²) in [6, 6.07) is 0. The first-order valence-corrected chi connectivity index (χ1v) is 12.8. The van der Waals surface area contributed by atoms with Gasteiger partial charge in [-0.1, -0.05) is 41.5 Å². The number of nitrogens with two attached hydrogens (primary N) is 1. The molecule has 2 amide bonds. The van der Waals surface area contributed by atoms with Gasteiger partial charge in [0, 0.05) is 19.4 Å². The van der Waals surface area contributed by atoms with E-state index in [9.17, 15) is 14.4 Å². The molecular weight excluding hydrogens is 416 g/mol. The molecule has 1 heterocycles. The predicted molar refractivity (Wildman–Crippen MR) is 131 cm³/mol. The maximum absolute atomic E-state index is 11.3. The number of hydrogen-bond donors (Lipinski definition) is 3. The summed E-state index contributed by atoms with van der Waals surface area (Å²) >= 11 is 0. The SMILES string of the molecule is CC(C)(C)C1CCC(CC(N)=O)(CC(=O)O)CC1.CC(C)(C)C1CCC2(CC1)CNC(=O)C2. The molecule has 6 heteroatoms. The average molecular weight is 465 g/mol. The number of nitrogens with one attached hydrogen (secondary N) is 1. The molecule has 0 unspecified atom stereocenters. The molecule has 3 aliphatic rings. The number of primary amides is 1. The molecule has 3 rings (SSSR count). The van der Waals surface area contributed by atoms with Gasteiger partial charge < -0.3 is 16.2 Å². The van der Waals surface area contributed by atoms with E-state index in [-0.39, 0.29) is 30.1 Å². The lowest BCUT2D eigenvalue weighted by Gasteiger charge is -2.43. The van der Waals surface area contributed by atoms with Crippen LogP contribution in [-0.2, 0) is 14.4 Å². The summed E-state index contributed by atoms with van der Waals surface area (Å²) < 4.78 is 0. The fourth-order valence-corrected chi connectivity index (χ4v) is 6.40. The first-order valence-electron chi connectivity index (χ1n) is 12.8. The Kier molecular flexibility index (Phi) is 8.67. The molecule has 3 fully saturated rings. The third-order valence-corrected chi connectivity index (χ3v) is 8.81. The van der Waals surface area contributed by atoms with Crippen LogP contribution in [0, 0.1) is 33.5 Å². The van der Waals surface area contributed by atoms with Crippen molar-refractivity contribution in [1.82, 2.24) is 5.32 Å². The van der Waals surface area contributed by atoms with Crippen molar-refractivity contribution in [2.75, 3.05) is 6.54 Å². The number of hydrogen-bond acceptors (Lipinski definition) is 3. The highest BCUT2D eigenvalue weighted by atomic mass is 16.4. The predicted octanol–water partition coefficient (Wildman–Crippen LogP) is 5.29. The van der Waals surface area contributed by atoms with Crippen LogP contribution in [0.4, 0.5) is 0 Å². The summed E-state index contributed by atoms with van der Waals surface area (Å²) in [5, 5.41) is 12.0. The van der Waals surface area contributed by atoms with Gasteiger partial charge in [-0.2, -0.15) is 0 Å². The molecule has 1 spiro atoms. The lowest BCUT2D eigenvalue weighted by atomic mass is 9.62. The molecule has 190 valence electrons. The van der Waals surface area contributed by atoms with E-state index in [0.717, 1.165) is 44.6 Å². The number of rotatable bonds is 4. The van der Waals surface area contributed by atoms with E-state index in [1.54, 1.807) is 0 Å². The van der Waals surface area contributed by atoms with Crippen molar-refractivity contribution in [3.8, 4) is 0 Å². The molecule has 0 aromatic rings. The Morgan fingerprint density at radius 3 is 1.70 bits per heavy atom. The summed E-state index contributed by atoms with van der Waals surface area (Å²) in [6.45, 7) is 14.6. The molecule has 0 bridgehead atoms. The summed E-state index contributed by atoms with van der Waals surface area (Å²) in [7, 11) is 0. The van der Waals surface area contributed by atoms with Crippen molar-refractivity contribution < 1.29 is 19.5 Å². The van der Waals surface area contributed by atoms with Crippen molar-refractivity contribution in [3.05, 3.63) is 0 Å². The lowest BCUT2D eigenvalue weighted by Crippen LogP contribution is -2.37. The van der Waals surface area contributed by atoms with Crippen LogP contribution in [0.15, 0.2) is 0 Å². The van der Waals surface area contributed by atoms with Crippen LogP contribution in [0.5, 0.6) is 0 Å². The van der Waals surface area contributed by atoms with Crippen LogP contribution in [0.2, 0.25) is 0 Å². The second kappa shape index (κ2) is 10.4.